The van der Waals surface area contributed by atoms with E-state index in [-0.39, 0.29) is 18.0 Å². The van der Waals surface area contributed by atoms with Crippen LogP contribution in [0.2, 0.25) is 0 Å². The SMILES string of the molecule is O=C(Cc1ccc([N+](=O)[O-])cc1)Nc1ccc2c(c1)OCCO2. The van der Waals surface area contributed by atoms with Crippen molar-refractivity contribution in [3.63, 3.8) is 0 Å². The predicted molar refractivity (Wildman–Crippen MR) is 82.9 cm³/mol. The normalized spacial score (nSPS) is 12.5. The first-order chi connectivity index (χ1) is 11.1. The van der Waals surface area contributed by atoms with Crippen LogP contribution >= 0.6 is 0 Å². The molecule has 0 fully saturated rings. The monoisotopic (exact) mass is 314 g/mol. The molecule has 1 N–H and O–H groups in total. The van der Waals surface area contributed by atoms with Gasteiger partial charge in [0.05, 0.1) is 11.3 Å². The van der Waals surface area contributed by atoms with Gasteiger partial charge in [-0.1, -0.05) is 12.1 Å². The Morgan fingerprint density at radius 3 is 2.48 bits per heavy atom. The number of anilines is 1. The van der Waals surface area contributed by atoms with Crippen LogP contribution in [-0.2, 0) is 11.2 Å². The lowest BCUT2D eigenvalue weighted by molar-refractivity contribution is -0.384. The van der Waals surface area contributed by atoms with Crippen molar-refractivity contribution in [1.29, 1.82) is 0 Å². The van der Waals surface area contributed by atoms with Crippen LogP contribution in [0.5, 0.6) is 11.5 Å². The largest absolute Gasteiger partial charge is 0.486 e. The average molecular weight is 314 g/mol. The second-order valence-electron chi connectivity index (χ2n) is 5.01. The number of hydrogen-bond acceptors (Lipinski definition) is 5. The first-order valence-electron chi connectivity index (χ1n) is 7.04. The van der Waals surface area contributed by atoms with Gasteiger partial charge in [0.2, 0.25) is 5.91 Å². The fourth-order valence-electron chi connectivity index (χ4n) is 2.25. The van der Waals surface area contributed by atoms with Crippen molar-refractivity contribution in [1.82, 2.24) is 0 Å². The Hall–Kier alpha value is -3.09. The molecule has 1 heterocycles. The fourth-order valence-corrected chi connectivity index (χ4v) is 2.25. The molecule has 7 nitrogen and oxygen atoms in total. The van der Waals surface area contributed by atoms with E-state index in [1.54, 1.807) is 30.3 Å². The smallest absolute Gasteiger partial charge is 0.269 e. The molecule has 3 rings (SSSR count). The van der Waals surface area contributed by atoms with Crippen LogP contribution in [0.25, 0.3) is 0 Å². The Balaban J connectivity index is 1.64. The number of carbonyl (C=O) groups excluding carboxylic acids is 1. The van der Waals surface area contributed by atoms with Crippen LogP contribution in [0.3, 0.4) is 0 Å². The van der Waals surface area contributed by atoms with Gasteiger partial charge in [-0.2, -0.15) is 0 Å². The van der Waals surface area contributed by atoms with Gasteiger partial charge in [-0.3, -0.25) is 14.9 Å². The number of nitro groups is 1. The van der Waals surface area contributed by atoms with Crippen molar-refractivity contribution >= 4 is 17.3 Å². The van der Waals surface area contributed by atoms with E-state index in [9.17, 15) is 14.9 Å². The minimum Gasteiger partial charge on any atom is -0.486 e. The fraction of sp³-hybridized carbons (Fsp3) is 0.188. The number of ether oxygens (including phenoxy) is 2. The molecule has 0 spiro atoms. The number of fused-ring (bicyclic) bond motifs is 1. The molecule has 1 aliphatic rings. The van der Waals surface area contributed by atoms with E-state index < -0.39 is 4.92 Å². The van der Waals surface area contributed by atoms with Crippen molar-refractivity contribution in [2.75, 3.05) is 18.5 Å². The second-order valence-corrected chi connectivity index (χ2v) is 5.01. The number of amides is 1. The van der Waals surface area contributed by atoms with E-state index in [1.165, 1.54) is 12.1 Å². The van der Waals surface area contributed by atoms with E-state index in [1.807, 2.05) is 0 Å². The number of hydrogen-bond donors (Lipinski definition) is 1. The van der Waals surface area contributed by atoms with Crippen LogP contribution in [0, 0.1) is 10.1 Å². The summed E-state index contributed by atoms with van der Waals surface area (Å²) in [6, 6.07) is 11.1. The summed E-state index contributed by atoms with van der Waals surface area (Å²) in [5, 5.41) is 13.4. The highest BCUT2D eigenvalue weighted by molar-refractivity contribution is 5.92. The molecule has 0 aliphatic carbocycles. The summed E-state index contributed by atoms with van der Waals surface area (Å²) in [5.41, 5.74) is 1.31. The number of nitro benzene ring substituents is 1. The summed E-state index contributed by atoms with van der Waals surface area (Å²) in [4.78, 5) is 22.2. The number of nitrogens with one attached hydrogen (secondary N) is 1. The number of benzene rings is 2. The maximum absolute atomic E-state index is 12.1. The molecule has 0 aromatic heterocycles. The van der Waals surface area contributed by atoms with E-state index in [0.717, 1.165) is 0 Å². The lowest BCUT2D eigenvalue weighted by Crippen LogP contribution is -2.17. The minimum absolute atomic E-state index is 0.000921. The molecular formula is C16H14N2O5. The molecule has 0 saturated heterocycles. The summed E-state index contributed by atoms with van der Waals surface area (Å²) in [7, 11) is 0. The molecular weight excluding hydrogens is 300 g/mol. The molecule has 7 heteroatoms. The minimum atomic E-state index is -0.473. The van der Waals surface area contributed by atoms with Crippen LogP contribution in [0.4, 0.5) is 11.4 Å². The number of carbonyl (C=O) groups is 1. The van der Waals surface area contributed by atoms with Crippen LogP contribution in [0.15, 0.2) is 42.5 Å². The molecule has 118 valence electrons. The Bertz CT molecular complexity index is 743. The predicted octanol–water partition coefficient (Wildman–Crippen LogP) is 2.55. The Morgan fingerprint density at radius 1 is 1.09 bits per heavy atom. The van der Waals surface area contributed by atoms with Gasteiger partial charge in [0.25, 0.3) is 5.69 Å². The van der Waals surface area contributed by atoms with Crippen molar-refractivity contribution in [3.8, 4) is 11.5 Å². The Morgan fingerprint density at radius 2 is 1.78 bits per heavy atom. The van der Waals surface area contributed by atoms with Gasteiger partial charge in [0.15, 0.2) is 11.5 Å². The molecule has 1 amide bonds. The van der Waals surface area contributed by atoms with Gasteiger partial charge in [0, 0.05) is 23.9 Å². The Kier molecular flexibility index (Phi) is 4.09. The highest BCUT2D eigenvalue weighted by Gasteiger charge is 2.13. The zero-order valence-corrected chi connectivity index (χ0v) is 12.2. The van der Waals surface area contributed by atoms with Crippen molar-refractivity contribution in [3.05, 3.63) is 58.1 Å². The summed E-state index contributed by atoms with van der Waals surface area (Å²) < 4.78 is 10.9. The third kappa shape index (κ3) is 3.57. The molecule has 0 radical (unpaired) electrons. The molecule has 0 saturated carbocycles. The summed E-state index contributed by atoms with van der Waals surface area (Å²) in [6.07, 6.45) is 0.131. The zero-order chi connectivity index (χ0) is 16.2. The average Bonchev–Trinajstić information content (AvgIpc) is 2.55. The topological polar surface area (TPSA) is 90.7 Å². The number of nitrogens with zero attached hydrogens (tertiary/aromatic N) is 1. The highest BCUT2D eigenvalue weighted by atomic mass is 16.6. The maximum atomic E-state index is 12.1. The van der Waals surface area contributed by atoms with Crippen LogP contribution in [0.1, 0.15) is 5.56 Å². The van der Waals surface area contributed by atoms with E-state index in [4.69, 9.17) is 9.47 Å². The van der Waals surface area contributed by atoms with Gasteiger partial charge < -0.3 is 14.8 Å². The molecule has 0 atom stereocenters. The van der Waals surface area contributed by atoms with E-state index in [0.29, 0.717) is 36.0 Å². The van der Waals surface area contributed by atoms with Crippen molar-refractivity contribution in [2.45, 2.75) is 6.42 Å². The first kappa shape index (κ1) is 14.8. The summed E-state index contributed by atoms with van der Waals surface area (Å²) in [6.45, 7) is 0.992. The van der Waals surface area contributed by atoms with Gasteiger partial charge in [-0.05, 0) is 17.7 Å². The van der Waals surface area contributed by atoms with Gasteiger partial charge in [-0.25, -0.2) is 0 Å². The number of rotatable bonds is 4. The standard InChI is InChI=1S/C16H14N2O5/c19-16(9-11-1-4-13(5-2-11)18(20)21)17-12-3-6-14-15(10-12)23-8-7-22-14/h1-6,10H,7-9H2,(H,17,19). The van der Waals surface area contributed by atoms with Crippen LogP contribution in [-0.4, -0.2) is 24.0 Å². The highest BCUT2D eigenvalue weighted by Crippen LogP contribution is 2.32. The lowest BCUT2D eigenvalue weighted by Gasteiger charge is -2.19. The van der Waals surface area contributed by atoms with Crippen LogP contribution < -0.4 is 14.8 Å². The van der Waals surface area contributed by atoms with Crippen molar-refractivity contribution < 1.29 is 19.2 Å². The summed E-state index contributed by atoms with van der Waals surface area (Å²) in [5.74, 6) is 1.05. The molecule has 1 aliphatic heterocycles. The molecule has 2 aromatic carbocycles. The van der Waals surface area contributed by atoms with Gasteiger partial charge >= 0.3 is 0 Å². The second kappa shape index (κ2) is 6.35. The third-order valence-corrected chi connectivity index (χ3v) is 3.34. The maximum Gasteiger partial charge on any atom is 0.269 e. The molecule has 23 heavy (non-hydrogen) atoms. The Labute approximate surface area is 132 Å². The molecule has 2 aromatic rings. The molecule has 0 bridgehead atoms. The zero-order valence-electron chi connectivity index (χ0n) is 12.2. The lowest BCUT2D eigenvalue weighted by atomic mass is 10.1. The van der Waals surface area contributed by atoms with E-state index in [2.05, 4.69) is 5.32 Å². The third-order valence-electron chi connectivity index (χ3n) is 3.34. The summed E-state index contributed by atoms with van der Waals surface area (Å²) >= 11 is 0. The van der Waals surface area contributed by atoms with Gasteiger partial charge in [-0.15, -0.1) is 0 Å². The number of non-ortho nitro benzene ring substituents is 1. The van der Waals surface area contributed by atoms with Gasteiger partial charge in [0.1, 0.15) is 13.2 Å². The van der Waals surface area contributed by atoms with Crippen molar-refractivity contribution in [2.24, 2.45) is 0 Å². The first-order valence-corrected chi connectivity index (χ1v) is 7.04. The van der Waals surface area contributed by atoms with E-state index >= 15 is 0 Å². The quantitative estimate of drug-likeness (QED) is 0.692. The molecule has 0 unspecified atom stereocenters.